The fourth-order valence-electron chi connectivity index (χ4n) is 1.65. The molecule has 106 valence electrons. The number of halogens is 3. The van der Waals surface area contributed by atoms with E-state index in [4.69, 9.17) is 5.73 Å². The second-order valence-corrected chi connectivity index (χ2v) is 4.07. The number of ketones is 1. The van der Waals surface area contributed by atoms with E-state index in [1.807, 2.05) is 0 Å². The molecule has 0 aliphatic heterocycles. The number of carbonyl (C=O) groups is 1. The van der Waals surface area contributed by atoms with Crippen molar-refractivity contribution in [1.82, 2.24) is 0 Å². The molecule has 19 heavy (non-hydrogen) atoms. The summed E-state index contributed by atoms with van der Waals surface area (Å²) in [6, 6.07) is 5.38. The SMILES string of the molecule is NCCCCCC(=O)c1ccccc1OC(F)(F)F. The summed E-state index contributed by atoms with van der Waals surface area (Å²) in [5, 5.41) is 0. The lowest BCUT2D eigenvalue weighted by atomic mass is 10.0. The molecule has 0 fully saturated rings. The van der Waals surface area contributed by atoms with Gasteiger partial charge in [-0.05, 0) is 31.5 Å². The van der Waals surface area contributed by atoms with E-state index in [-0.39, 0.29) is 17.8 Å². The Bertz CT molecular complexity index is 419. The normalized spacial score (nSPS) is 11.4. The van der Waals surface area contributed by atoms with Crippen molar-refractivity contribution in [3.8, 4) is 5.75 Å². The molecule has 1 aromatic rings. The zero-order chi connectivity index (χ0) is 14.3. The molecule has 0 saturated heterocycles. The Labute approximate surface area is 109 Å². The van der Waals surface area contributed by atoms with Crippen LogP contribution >= 0.6 is 0 Å². The van der Waals surface area contributed by atoms with Crippen molar-refractivity contribution in [3.63, 3.8) is 0 Å². The van der Waals surface area contributed by atoms with E-state index in [1.165, 1.54) is 18.2 Å². The van der Waals surface area contributed by atoms with E-state index < -0.39 is 12.1 Å². The van der Waals surface area contributed by atoms with Crippen molar-refractivity contribution < 1.29 is 22.7 Å². The van der Waals surface area contributed by atoms with E-state index >= 15 is 0 Å². The van der Waals surface area contributed by atoms with Gasteiger partial charge in [-0.15, -0.1) is 13.2 Å². The summed E-state index contributed by atoms with van der Waals surface area (Å²) in [6.45, 7) is 0.544. The topological polar surface area (TPSA) is 52.3 Å². The van der Waals surface area contributed by atoms with E-state index in [2.05, 4.69) is 4.74 Å². The standard InChI is InChI=1S/C13H16F3NO2/c14-13(15,16)19-12-8-4-3-6-10(12)11(18)7-2-1-5-9-17/h3-4,6,8H,1-2,5,7,9,17H2. The molecule has 2 N–H and O–H groups in total. The van der Waals surface area contributed by atoms with Crippen LogP contribution in [0.1, 0.15) is 36.0 Å². The van der Waals surface area contributed by atoms with Crippen molar-refractivity contribution >= 4 is 5.78 Å². The van der Waals surface area contributed by atoms with Crippen molar-refractivity contribution in [2.24, 2.45) is 5.73 Å². The molecule has 0 bridgehead atoms. The predicted molar refractivity (Wildman–Crippen MR) is 65.0 cm³/mol. The van der Waals surface area contributed by atoms with Crippen LogP contribution in [0.5, 0.6) is 5.75 Å². The summed E-state index contributed by atoms with van der Waals surface area (Å²) in [5.41, 5.74) is 5.29. The Hall–Kier alpha value is -1.56. The van der Waals surface area contributed by atoms with Gasteiger partial charge in [-0.3, -0.25) is 4.79 Å². The minimum absolute atomic E-state index is 0.0347. The lowest BCUT2D eigenvalue weighted by Crippen LogP contribution is -2.19. The molecule has 1 rings (SSSR count). The fraction of sp³-hybridized carbons (Fsp3) is 0.462. The van der Waals surface area contributed by atoms with Gasteiger partial charge in [0.1, 0.15) is 5.75 Å². The highest BCUT2D eigenvalue weighted by molar-refractivity contribution is 5.98. The highest BCUT2D eigenvalue weighted by atomic mass is 19.4. The number of hydrogen-bond acceptors (Lipinski definition) is 3. The Kier molecular flexibility index (Phi) is 5.82. The number of unbranched alkanes of at least 4 members (excludes halogenated alkanes) is 2. The van der Waals surface area contributed by atoms with Gasteiger partial charge in [0.25, 0.3) is 0 Å². The highest BCUT2D eigenvalue weighted by Gasteiger charge is 2.32. The van der Waals surface area contributed by atoms with Crippen molar-refractivity contribution in [1.29, 1.82) is 0 Å². The number of ether oxygens (including phenoxy) is 1. The number of hydrogen-bond donors (Lipinski definition) is 1. The van der Waals surface area contributed by atoms with Gasteiger partial charge in [0.15, 0.2) is 5.78 Å². The third-order valence-electron chi connectivity index (χ3n) is 2.52. The lowest BCUT2D eigenvalue weighted by molar-refractivity contribution is -0.274. The fourth-order valence-corrected chi connectivity index (χ4v) is 1.65. The first-order valence-corrected chi connectivity index (χ1v) is 6.02. The maximum Gasteiger partial charge on any atom is 0.573 e. The van der Waals surface area contributed by atoms with Crippen LogP contribution in [0, 0.1) is 0 Å². The smallest absolute Gasteiger partial charge is 0.405 e. The number of Topliss-reactive ketones (excluding diaryl/α,β-unsaturated/α-hetero) is 1. The van der Waals surface area contributed by atoms with Gasteiger partial charge in [-0.2, -0.15) is 0 Å². The molecule has 0 unspecified atom stereocenters. The maximum atomic E-state index is 12.2. The van der Waals surface area contributed by atoms with Crippen LogP contribution < -0.4 is 10.5 Å². The first-order chi connectivity index (χ1) is 8.94. The molecule has 0 amide bonds. The van der Waals surface area contributed by atoms with Gasteiger partial charge in [0.05, 0.1) is 5.56 Å². The number of alkyl halides is 3. The first kappa shape index (κ1) is 15.5. The van der Waals surface area contributed by atoms with E-state index in [1.54, 1.807) is 0 Å². The minimum atomic E-state index is -4.80. The number of rotatable bonds is 7. The van der Waals surface area contributed by atoms with Crippen LogP contribution in [-0.4, -0.2) is 18.7 Å². The van der Waals surface area contributed by atoms with Crippen LogP contribution in [0.2, 0.25) is 0 Å². The lowest BCUT2D eigenvalue weighted by Gasteiger charge is -2.12. The van der Waals surface area contributed by atoms with Crippen molar-refractivity contribution in [2.45, 2.75) is 32.0 Å². The van der Waals surface area contributed by atoms with Gasteiger partial charge < -0.3 is 10.5 Å². The van der Waals surface area contributed by atoms with Gasteiger partial charge >= 0.3 is 6.36 Å². The highest BCUT2D eigenvalue weighted by Crippen LogP contribution is 2.27. The van der Waals surface area contributed by atoms with Crippen molar-refractivity contribution in [3.05, 3.63) is 29.8 Å². The van der Waals surface area contributed by atoms with Gasteiger partial charge in [0.2, 0.25) is 0 Å². The molecule has 0 saturated carbocycles. The minimum Gasteiger partial charge on any atom is -0.405 e. The molecule has 0 aromatic heterocycles. The summed E-state index contributed by atoms with van der Waals surface area (Å²) in [5.74, 6) is -0.796. The van der Waals surface area contributed by atoms with Crippen LogP contribution in [0.3, 0.4) is 0 Å². The van der Waals surface area contributed by atoms with Crippen LogP contribution in [-0.2, 0) is 0 Å². The second kappa shape index (κ2) is 7.13. The molecular formula is C13H16F3NO2. The van der Waals surface area contributed by atoms with Crippen LogP contribution in [0.25, 0.3) is 0 Å². The molecule has 0 radical (unpaired) electrons. The molecule has 3 nitrogen and oxygen atoms in total. The van der Waals surface area contributed by atoms with Crippen LogP contribution in [0.15, 0.2) is 24.3 Å². The number of para-hydroxylation sites is 1. The molecule has 1 aromatic carbocycles. The molecule has 0 spiro atoms. The predicted octanol–water partition coefficient (Wildman–Crippen LogP) is 3.29. The van der Waals surface area contributed by atoms with Crippen LogP contribution in [0.4, 0.5) is 13.2 Å². The van der Waals surface area contributed by atoms with E-state index in [0.29, 0.717) is 13.0 Å². The second-order valence-electron chi connectivity index (χ2n) is 4.07. The monoisotopic (exact) mass is 275 g/mol. The third-order valence-corrected chi connectivity index (χ3v) is 2.52. The first-order valence-electron chi connectivity index (χ1n) is 6.02. The summed E-state index contributed by atoms with van der Waals surface area (Å²) in [7, 11) is 0. The van der Waals surface area contributed by atoms with E-state index in [0.717, 1.165) is 18.9 Å². The summed E-state index contributed by atoms with van der Waals surface area (Å²) >= 11 is 0. The summed E-state index contributed by atoms with van der Waals surface area (Å²) < 4.78 is 40.4. The maximum absolute atomic E-state index is 12.2. The zero-order valence-corrected chi connectivity index (χ0v) is 10.4. The quantitative estimate of drug-likeness (QED) is 0.613. The Balaban J connectivity index is 2.68. The molecule has 0 aliphatic rings. The Morgan fingerprint density at radius 3 is 2.47 bits per heavy atom. The molecule has 6 heteroatoms. The molecular weight excluding hydrogens is 259 g/mol. The number of carbonyl (C=O) groups excluding carboxylic acids is 1. The third kappa shape index (κ3) is 5.74. The van der Waals surface area contributed by atoms with Gasteiger partial charge in [0, 0.05) is 6.42 Å². The number of nitrogens with two attached hydrogens (primary N) is 1. The summed E-state index contributed by atoms with van der Waals surface area (Å²) in [6.07, 6.45) is -2.41. The number of benzene rings is 1. The van der Waals surface area contributed by atoms with Crippen molar-refractivity contribution in [2.75, 3.05) is 6.54 Å². The van der Waals surface area contributed by atoms with E-state index in [9.17, 15) is 18.0 Å². The average molecular weight is 275 g/mol. The molecule has 0 atom stereocenters. The average Bonchev–Trinajstić information content (AvgIpc) is 2.33. The van der Waals surface area contributed by atoms with Gasteiger partial charge in [-0.1, -0.05) is 18.6 Å². The summed E-state index contributed by atoms with van der Waals surface area (Å²) in [4.78, 5) is 11.8. The Morgan fingerprint density at radius 2 is 1.84 bits per heavy atom. The zero-order valence-electron chi connectivity index (χ0n) is 10.4. The Morgan fingerprint density at radius 1 is 1.16 bits per heavy atom. The van der Waals surface area contributed by atoms with Gasteiger partial charge in [-0.25, -0.2) is 0 Å². The molecule has 0 aliphatic carbocycles. The largest absolute Gasteiger partial charge is 0.573 e. The molecule has 0 heterocycles.